The van der Waals surface area contributed by atoms with Gasteiger partial charge in [0.2, 0.25) is 0 Å². The maximum atomic E-state index is 11.4. The van der Waals surface area contributed by atoms with Crippen LogP contribution in [0.25, 0.3) is 0 Å². The highest BCUT2D eigenvalue weighted by atomic mass is 16.6. The average Bonchev–Trinajstić information content (AvgIpc) is 2.45. The van der Waals surface area contributed by atoms with Crippen molar-refractivity contribution in [2.75, 3.05) is 20.3 Å². The van der Waals surface area contributed by atoms with E-state index < -0.39 is 24.5 Å². The van der Waals surface area contributed by atoms with Gasteiger partial charge in [-0.1, -0.05) is 12.1 Å². The standard InChI is InChI=1S/C14H18N2O5/c1-9-4-5-10(2)11(6-9)20-8-13(18)21-7-12(17)16-14(19)15-3/h4-6H,7-8H2,1-3H3,(H2,15,16,17,19). The van der Waals surface area contributed by atoms with Crippen molar-refractivity contribution in [3.8, 4) is 5.75 Å². The Kier molecular flexibility index (Phi) is 6.19. The molecule has 0 unspecified atom stereocenters. The van der Waals surface area contributed by atoms with E-state index in [1.807, 2.05) is 31.3 Å². The molecule has 0 heterocycles. The Labute approximate surface area is 122 Å². The molecule has 0 fully saturated rings. The summed E-state index contributed by atoms with van der Waals surface area (Å²) >= 11 is 0. The number of aryl methyl sites for hydroxylation is 2. The zero-order chi connectivity index (χ0) is 15.8. The number of benzene rings is 1. The molecule has 0 spiro atoms. The van der Waals surface area contributed by atoms with Gasteiger partial charge >= 0.3 is 12.0 Å². The van der Waals surface area contributed by atoms with E-state index in [-0.39, 0.29) is 6.61 Å². The van der Waals surface area contributed by atoms with E-state index in [2.05, 4.69) is 10.1 Å². The molecule has 1 aromatic rings. The fourth-order valence-electron chi connectivity index (χ4n) is 1.41. The van der Waals surface area contributed by atoms with Crippen molar-refractivity contribution in [2.45, 2.75) is 13.8 Å². The zero-order valence-corrected chi connectivity index (χ0v) is 12.2. The topological polar surface area (TPSA) is 93.7 Å². The molecule has 21 heavy (non-hydrogen) atoms. The summed E-state index contributed by atoms with van der Waals surface area (Å²) < 4.78 is 10.0. The third kappa shape index (κ3) is 5.94. The highest BCUT2D eigenvalue weighted by Gasteiger charge is 2.11. The monoisotopic (exact) mass is 294 g/mol. The zero-order valence-electron chi connectivity index (χ0n) is 12.2. The van der Waals surface area contributed by atoms with Crippen LogP contribution in [-0.4, -0.2) is 38.2 Å². The molecule has 0 radical (unpaired) electrons. The lowest BCUT2D eigenvalue weighted by molar-refractivity contribution is -0.150. The smallest absolute Gasteiger partial charge is 0.344 e. The highest BCUT2D eigenvalue weighted by molar-refractivity contribution is 5.95. The molecule has 7 heteroatoms. The first-order valence-corrected chi connectivity index (χ1v) is 6.29. The molecular formula is C14H18N2O5. The maximum Gasteiger partial charge on any atom is 0.344 e. The molecular weight excluding hydrogens is 276 g/mol. The molecule has 7 nitrogen and oxygen atoms in total. The van der Waals surface area contributed by atoms with Gasteiger partial charge in [-0.05, 0) is 31.0 Å². The average molecular weight is 294 g/mol. The maximum absolute atomic E-state index is 11.4. The minimum absolute atomic E-state index is 0.308. The number of carbonyl (C=O) groups is 3. The lowest BCUT2D eigenvalue weighted by atomic mass is 10.1. The number of urea groups is 1. The van der Waals surface area contributed by atoms with Crippen molar-refractivity contribution >= 4 is 17.9 Å². The summed E-state index contributed by atoms with van der Waals surface area (Å²) in [5.74, 6) is -0.820. The van der Waals surface area contributed by atoms with Gasteiger partial charge in [0.05, 0.1) is 0 Å². The number of rotatable bonds is 5. The Morgan fingerprint density at radius 3 is 2.52 bits per heavy atom. The lowest BCUT2D eigenvalue weighted by Gasteiger charge is -2.09. The molecule has 0 bridgehead atoms. The second kappa shape index (κ2) is 7.88. The first-order valence-electron chi connectivity index (χ1n) is 6.29. The van der Waals surface area contributed by atoms with E-state index >= 15 is 0 Å². The van der Waals surface area contributed by atoms with Gasteiger partial charge in [0, 0.05) is 7.05 Å². The molecule has 0 saturated carbocycles. The van der Waals surface area contributed by atoms with Gasteiger partial charge in [-0.15, -0.1) is 0 Å². The van der Waals surface area contributed by atoms with E-state index in [0.29, 0.717) is 5.75 Å². The molecule has 114 valence electrons. The minimum atomic E-state index is -0.713. The van der Waals surface area contributed by atoms with E-state index in [9.17, 15) is 14.4 Å². The molecule has 2 N–H and O–H groups in total. The number of carbonyl (C=O) groups excluding carboxylic acids is 3. The normalized spacial score (nSPS) is 9.67. The Bertz CT molecular complexity index is 542. The Balaban J connectivity index is 2.36. The first-order chi connectivity index (χ1) is 9.92. The summed E-state index contributed by atoms with van der Waals surface area (Å²) in [6, 6.07) is 4.96. The fraction of sp³-hybridized carbons (Fsp3) is 0.357. The van der Waals surface area contributed by atoms with Crippen LogP contribution in [0, 0.1) is 13.8 Å². The van der Waals surface area contributed by atoms with E-state index in [1.54, 1.807) is 6.07 Å². The molecule has 1 rings (SSSR count). The van der Waals surface area contributed by atoms with E-state index in [4.69, 9.17) is 4.74 Å². The Hall–Kier alpha value is -2.57. The molecule has 0 atom stereocenters. The van der Waals surface area contributed by atoms with E-state index in [1.165, 1.54) is 7.05 Å². The summed E-state index contributed by atoms with van der Waals surface area (Å²) in [5.41, 5.74) is 1.90. The van der Waals surface area contributed by atoms with Crippen molar-refractivity contribution in [2.24, 2.45) is 0 Å². The quantitative estimate of drug-likeness (QED) is 0.779. The van der Waals surface area contributed by atoms with Crippen LogP contribution < -0.4 is 15.4 Å². The van der Waals surface area contributed by atoms with E-state index in [0.717, 1.165) is 11.1 Å². The van der Waals surface area contributed by atoms with Gasteiger partial charge in [0.1, 0.15) is 5.75 Å². The lowest BCUT2D eigenvalue weighted by Crippen LogP contribution is -2.40. The molecule has 0 aromatic heterocycles. The summed E-state index contributed by atoms with van der Waals surface area (Å²) in [4.78, 5) is 33.5. The number of imide groups is 1. The van der Waals surface area contributed by atoms with Crippen LogP contribution in [0.5, 0.6) is 5.75 Å². The molecule has 0 aliphatic carbocycles. The summed E-state index contributed by atoms with van der Waals surface area (Å²) in [7, 11) is 1.37. The third-order valence-electron chi connectivity index (χ3n) is 2.53. The van der Waals surface area contributed by atoms with Crippen LogP contribution in [0.2, 0.25) is 0 Å². The van der Waals surface area contributed by atoms with Gasteiger partial charge < -0.3 is 14.8 Å². The third-order valence-corrected chi connectivity index (χ3v) is 2.53. The highest BCUT2D eigenvalue weighted by Crippen LogP contribution is 2.18. The number of hydrogen-bond donors (Lipinski definition) is 2. The minimum Gasteiger partial charge on any atom is -0.482 e. The number of esters is 1. The number of nitrogens with one attached hydrogen (secondary N) is 2. The van der Waals surface area contributed by atoms with Crippen LogP contribution >= 0.6 is 0 Å². The van der Waals surface area contributed by atoms with Gasteiger partial charge in [0.25, 0.3) is 5.91 Å². The SMILES string of the molecule is CNC(=O)NC(=O)COC(=O)COc1cc(C)ccc1C. The largest absolute Gasteiger partial charge is 0.482 e. The second-order valence-electron chi connectivity index (χ2n) is 4.35. The number of ether oxygens (including phenoxy) is 2. The van der Waals surface area contributed by atoms with Crippen LogP contribution in [0.15, 0.2) is 18.2 Å². The first kappa shape index (κ1) is 16.5. The van der Waals surface area contributed by atoms with Gasteiger partial charge in [0.15, 0.2) is 13.2 Å². The van der Waals surface area contributed by atoms with Crippen molar-refractivity contribution in [1.82, 2.24) is 10.6 Å². The van der Waals surface area contributed by atoms with Crippen molar-refractivity contribution < 1.29 is 23.9 Å². The molecule has 0 aliphatic rings. The van der Waals surface area contributed by atoms with Crippen LogP contribution in [0.3, 0.4) is 0 Å². The summed E-state index contributed by atoms with van der Waals surface area (Å²) in [6.07, 6.45) is 0. The van der Waals surface area contributed by atoms with Gasteiger partial charge in [-0.25, -0.2) is 9.59 Å². The Morgan fingerprint density at radius 1 is 1.14 bits per heavy atom. The molecule has 0 saturated heterocycles. The van der Waals surface area contributed by atoms with Crippen LogP contribution in [-0.2, 0) is 14.3 Å². The fourth-order valence-corrected chi connectivity index (χ4v) is 1.41. The van der Waals surface area contributed by atoms with Gasteiger partial charge in [-0.3, -0.25) is 10.1 Å². The summed E-state index contributed by atoms with van der Waals surface area (Å²) in [5, 5.41) is 4.17. The van der Waals surface area contributed by atoms with Crippen molar-refractivity contribution in [3.63, 3.8) is 0 Å². The Morgan fingerprint density at radius 2 is 1.86 bits per heavy atom. The number of hydrogen-bond acceptors (Lipinski definition) is 5. The predicted molar refractivity (Wildman–Crippen MR) is 75.0 cm³/mol. The van der Waals surface area contributed by atoms with Crippen LogP contribution in [0.1, 0.15) is 11.1 Å². The number of amides is 3. The molecule has 0 aliphatic heterocycles. The molecule has 1 aromatic carbocycles. The molecule has 3 amide bonds. The predicted octanol–water partition coefficient (Wildman–Crippen LogP) is 0.681. The van der Waals surface area contributed by atoms with Crippen molar-refractivity contribution in [1.29, 1.82) is 0 Å². The van der Waals surface area contributed by atoms with Gasteiger partial charge in [-0.2, -0.15) is 0 Å². The summed E-state index contributed by atoms with van der Waals surface area (Å²) in [6.45, 7) is 2.92. The van der Waals surface area contributed by atoms with Crippen molar-refractivity contribution in [3.05, 3.63) is 29.3 Å². The second-order valence-corrected chi connectivity index (χ2v) is 4.35. The van der Waals surface area contributed by atoms with Crippen LogP contribution in [0.4, 0.5) is 4.79 Å².